The van der Waals surface area contributed by atoms with E-state index in [0.717, 1.165) is 4.47 Å². The lowest BCUT2D eigenvalue weighted by Gasteiger charge is -2.09. The van der Waals surface area contributed by atoms with Gasteiger partial charge in [0.15, 0.2) is 5.78 Å². The molecule has 0 atom stereocenters. The Hall–Kier alpha value is -1.69. The standard InChI is InChI=1S/C14H16BrN3O2/c1-9(2)18-14(16-8-17-18)7-12(19)10-4-5-13(20-3)11(15)6-10/h4-6,8-9H,7H2,1-3H3. The summed E-state index contributed by atoms with van der Waals surface area (Å²) in [4.78, 5) is 16.4. The first-order chi connectivity index (χ1) is 9.52. The normalized spacial score (nSPS) is 10.8. The van der Waals surface area contributed by atoms with Gasteiger partial charge < -0.3 is 4.74 Å². The molecule has 0 bridgehead atoms. The van der Waals surface area contributed by atoms with Gasteiger partial charge in [-0.15, -0.1) is 0 Å². The number of carbonyl (C=O) groups excluding carboxylic acids is 1. The second-order valence-corrected chi connectivity index (χ2v) is 5.52. The van der Waals surface area contributed by atoms with Crippen LogP contribution in [0.15, 0.2) is 29.0 Å². The van der Waals surface area contributed by atoms with E-state index in [9.17, 15) is 4.79 Å². The van der Waals surface area contributed by atoms with Gasteiger partial charge in [0.2, 0.25) is 0 Å². The zero-order valence-corrected chi connectivity index (χ0v) is 13.2. The van der Waals surface area contributed by atoms with E-state index in [1.807, 2.05) is 13.8 Å². The van der Waals surface area contributed by atoms with Crippen LogP contribution in [0.25, 0.3) is 0 Å². The fourth-order valence-electron chi connectivity index (χ4n) is 1.92. The minimum atomic E-state index is 0.00301. The van der Waals surface area contributed by atoms with E-state index >= 15 is 0 Å². The minimum absolute atomic E-state index is 0.00301. The van der Waals surface area contributed by atoms with Crippen molar-refractivity contribution in [2.24, 2.45) is 0 Å². The summed E-state index contributed by atoms with van der Waals surface area (Å²) in [5.74, 6) is 1.38. The Morgan fingerprint density at radius 2 is 2.20 bits per heavy atom. The highest BCUT2D eigenvalue weighted by Gasteiger charge is 2.15. The quantitative estimate of drug-likeness (QED) is 0.787. The Bertz CT molecular complexity index is 623. The molecule has 2 rings (SSSR count). The van der Waals surface area contributed by atoms with Gasteiger partial charge in [-0.1, -0.05) is 0 Å². The van der Waals surface area contributed by atoms with E-state index in [1.54, 1.807) is 30.0 Å². The molecule has 0 aliphatic heterocycles. The van der Waals surface area contributed by atoms with Gasteiger partial charge in [0.25, 0.3) is 0 Å². The van der Waals surface area contributed by atoms with Crippen molar-refractivity contribution in [3.05, 3.63) is 40.4 Å². The Labute approximate surface area is 126 Å². The maximum absolute atomic E-state index is 12.3. The van der Waals surface area contributed by atoms with Crippen molar-refractivity contribution in [2.45, 2.75) is 26.3 Å². The summed E-state index contributed by atoms with van der Waals surface area (Å²) in [6.45, 7) is 4.01. The number of ketones is 1. The molecule has 1 aromatic carbocycles. The molecule has 106 valence electrons. The number of methoxy groups -OCH3 is 1. The second-order valence-electron chi connectivity index (χ2n) is 4.66. The average molecular weight is 338 g/mol. The molecule has 5 nitrogen and oxygen atoms in total. The van der Waals surface area contributed by atoms with Gasteiger partial charge in [-0.3, -0.25) is 4.79 Å². The summed E-state index contributed by atoms with van der Waals surface area (Å²) in [5.41, 5.74) is 0.621. The molecule has 0 fully saturated rings. The highest BCUT2D eigenvalue weighted by atomic mass is 79.9. The number of ether oxygens (including phenoxy) is 1. The van der Waals surface area contributed by atoms with Crippen LogP contribution < -0.4 is 4.74 Å². The lowest BCUT2D eigenvalue weighted by atomic mass is 10.1. The molecule has 0 amide bonds. The Morgan fingerprint density at radius 1 is 1.45 bits per heavy atom. The summed E-state index contributed by atoms with van der Waals surface area (Å²) in [7, 11) is 1.59. The van der Waals surface area contributed by atoms with Crippen LogP contribution in [0.3, 0.4) is 0 Å². The molecule has 1 aromatic heterocycles. The van der Waals surface area contributed by atoms with Gasteiger partial charge in [-0.2, -0.15) is 5.10 Å². The lowest BCUT2D eigenvalue weighted by Crippen LogP contribution is -2.13. The minimum Gasteiger partial charge on any atom is -0.496 e. The number of carbonyl (C=O) groups is 1. The Kier molecular flexibility index (Phi) is 4.54. The molecule has 0 saturated carbocycles. The monoisotopic (exact) mass is 337 g/mol. The third-order valence-electron chi connectivity index (χ3n) is 2.93. The van der Waals surface area contributed by atoms with E-state index in [4.69, 9.17) is 4.74 Å². The highest BCUT2D eigenvalue weighted by Crippen LogP contribution is 2.26. The van der Waals surface area contributed by atoms with Crippen molar-refractivity contribution in [1.82, 2.24) is 14.8 Å². The van der Waals surface area contributed by atoms with Gasteiger partial charge in [0, 0.05) is 11.6 Å². The Morgan fingerprint density at radius 3 is 2.80 bits per heavy atom. The molecule has 0 aliphatic carbocycles. The summed E-state index contributed by atoms with van der Waals surface area (Å²) >= 11 is 3.38. The molecule has 0 aliphatic rings. The van der Waals surface area contributed by atoms with Crippen molar-refractivity contribution < 1.29 is 9.53 Å². The van der Waals surface area contributed by atoms with E-state index in [0.29, 0.717) is 17.1 Å². The molecule has 0 N–H and O–H groups in total. The highest BCUT2D eigenvalue weighted by molar-refractivity contribution is 9.10. The lowest BCUT2D eigenvalue weighted by molar-refractivity contribution is 0.0989. The van der Waals surface area contributed by atoms with Gasteiger partial charge in [0.05, 0.1) is 18.0 Å². The molecule has 1 heterocycles. The van der Waals surface area contributed by atoms with E-state index in [1.165, 1.54) is 6.33 Å². The molecular formula is C14H16BrN3O2. The first-order valence-electron chi connectivity index (χ1n) is 6.28. The third kappa shape index (κ3) is 3.07. The molecular weight excluding hydrogens is 322 g/mol. The fourth-order valence-corrected chi connectivity index (χ4v) is 2.46. The van der Waals surface area contributed by atoms with Gasteiger partial charge >= 0.3 is 0 Å². The number of Topliss-reactive ketones (excluding diaryl/α,β-unsaturated/α-hetero) is 1. The smallest absolute Gasteiger partial charge is 0.170 e. The van der Waals surface area contributed by atoms with Gasteiger partial charge in [-0.05, 0) is 48.0 Å². The summed E-state index contributed by atoms with van der Waals surface area (Å²) in [6.07, 6.45) is 1.71. The van der Waals surface area contributed by atoms with Crippen molar-refractivity contribution in [2.75, 3.05) is 7.11 Å². The molecule has 2 aromatic rings. The van der Waals surface area contributed by atoms with Crippen molar-refractivity contribution in [3.8, 4) is 5.75 Å². The van der Waals surface area contributed by atoms with E-state index in [2.05, 4.69) is 26.0 Å². The number of aromatic nitrogens is 3. The maximum Gasteiger partial charge on any atom is 0.170 e. The third-order valence-corrected chi connectivity index (χ3v) is 3.55. The van der Waals surface area contributed by atoms with Crippen LogP contribution >= 0.6 is 15.9 Å². The van der Waals surface area contributed by atoms with Crippen LogP contribution in [0.2, 0.25) is 0 Å². The zero-order chi connectivity index (χ0) is 14.7. The molecule has 0 radical (unpaired) electrons. The van der Waals surface area contributed by atoms with E-state index in [-0.39, 0.29) is 18.2 Å². The molecule has 0 spiro atoms. The summed E-state index contributed by atoms with van der Waals surface area (Å²) < 4.78 is 7.67. The van der Waals surface area contributed by atoms with Gasteiger partial charge in [0.1, 0.15) is 17.9 Å². The molecule has 6 heteroatoms. The average Bonchev–Trinajstić information content (AvgIpc) is 2.86. The van der Waals surface area contributed by atoms with Crippen LogP contribution in [-0.2, 0) is 6.42 Å². The fraction of sp³-hybridized carbons (Fsp3) is 0.357. The van der Waals surface area contributed by atoms with Gasteiger partial charge in [-0.25, -0.2) is 9.67 Å². The number of halogens is 1. The molecule has 0 unspecified atom stereocenters. The number of benzene rings is 1. The van der Waals surface area contributed by atoms with Crippen molar-refractivity contribution >= 4 is 21.7 Å². The van der Waals surface area contributed by atoms with Crippen molar-refractivity contribution in [3.63, 3.8) is 0 Å². The first kappa shape index (κ1) is 14.7. The van der Waals surface area contributed by atoms with Crippen LogP contribution in [0.5, 0.6) is 5.75 Å². The number of hydrogen-bond acceptors (Lipinski definition) is 4. The number of nitrogens with zero attached hydrogens (tertiary/aromatic N) is 3. The molecule has 0 saturated heterocycles. The predicted octanol–water partition coefficient (Wildman–Crippen LogP) is 3.06. The van der Waals surface area contributed by atoms with Crippen LogP contribution in [-0.4, -0.2) is 27.7 Å². The Balaban J connectivity index is 2.20. The predicted molar refractivity (Wildman–Crippen MR) is 79.1 cm³/mol. The number of hydrogen-bond donors (Lipinski definition) is 0. The maximum atomic E-state index is 12.3. The summed E-state index contributed by atoms with van der Waals surface area (Å²) in [6, 6.07) is 5.46. The SMILES string of the molecule is COc1ccc(C(=O)Cc2ncnn2C(C)C)cc1Br. The number of rotatable bonds is 5. The van der Waals surface area contributed by atoms with Crippen molar-refractivity contribution in [1.29, 1.82) is 0 Å². The second kappa shape index (κ2) is 6.17. The van der Waals surface area contributed by atoms with Crippen LogP contribution in [0.1, 0.15) is 36.1 Å². The summed E-state index contributed by atoms with van der Waals surface area (Å²) in [5, 5.41) is 4.13. The van der Waals surface area contributed by atoms with Crippen LogP contribution in [0.4, 0.5) is 0 Å². The molecule has 20 heavy (non-hydrogen) atoms. The zero-order valence-electron chi connectivity index (χ0n) is 11.6. The van der Waals surface area contributed by atoms with E-state index < -0.39 is 0 Å². The first-order valence-corrected chi connectivity index (χ1v) is 7.07. The van der Waals surface area contributed by atoms with Crippen LogP contribution in [0, 0.1) is 0 Å². The topological polar surface area (TPSA) is 57.0 Å². The largest absolute Gasteiger partial charge is 0.496 e.